The molecule has 0 amide bonds. The van der Waals surface area contributed by atoms with Crippen LogP contribution in [0.4, 0.5) is 0 Å². The highest BCUT2D eigenvalue weighted by Gasteiger charge is 2.39. The summed E-state index contributed by atoms with van der Waals surface area (Å²) in [7, 11) is 0. The van der Waals surface area contributed by atoms with Crippen LogP contribution in [-0.4, -0.2) is 39.7 Å². The lowest BCUT2D eigenvalue weighted by Gasteiger charge is -2.37. The molecule has 2 heterocycles. The van der Waals surface area contributed by atoms with Crippen molar-refractivity contribution in [3.8, 4) is 0 Å². The zero-order valence-corrected chi connectivity index (χ0v) is 9.17. The highest BCUT2D eigenvalue weighted by molar-refractivity contribution is 7.80. The molecule has 0 saturated carbocycles. The summed E-state index contributed by atoms with van der Waals surface area (Å²) < 4.78 is 0. The predicted molar refractivity (Wildman–Crippen MR) is 60.2 cm³/mol. The largest absolute Gasteiger partial charge is 0.393 e. The molecule has 3 nitrogen and oxygen atoms in total. The van der Waals surface area contributed by atoms with Crippen molar-refractivity contribution in [2.45, 2.75) is 50.3 Å². The number of nitrogens with two attached hydrogens (primary N) is 1. The van der Waals surface area contributed by atoms with Gasteiger partial charge in [0.25, 0.3) is 0 Å². The fourth-order valence-corrected chi connectivity index (χ4v) is 2.94. The van der Waals surface area contributed by atoms with Crippen LogP contribution in [-0.2, 0) is 0 Å². The quantitative estimate of drug-likeness (QED) is 0.677. The molecule has 0 aliphatic carbocycles. The molecule has 2 unspecified atom stereocenters. The molecule has 2 rings (SSSR count). The third-order valence-corrected chi connectivity index (χ3v) is 3.68. The van der Waals surface area contributed by atoms with E-state index in [1.807, 2.05) is 0 Å². The normalized spacial score (nSPS) is 37.4. The van der Waals surface area contributed by atoms with Crippen LogP contribution in [0.2, 0.25) is 0 Å². The van der Waals surface area contributed by atoms with Gasteiger partial charge < -0.3 is 10.8 Å². The van der Waals surface area contributed by atoms with E-state index >= 15 is 0 Å². The molecule has 0 aromatic heterocycles. The fourth-order valence-electron chi connectivity index (χ4n) is 2.85. The van der Waals surface area contributed by atoms with Gasteiger partial charge in [-0.05, 0) is 25.7 Å². The molecule has 2 aliphatic heterocycles. The minimum atomic E-state index is -0.0754. The molecular formula is C10H18N2OS. The van der Waals surface area contributed by atoms with E-state index in [0.717, 1.165) is 25.8 Å². The Kier molecular flexibility index (Phi) is 3.04. The molecule has 80 valence electrons. The van der Waals surface area contributed by atoms with Crippen molar-refractivity contribution >= 4 is 17.2 Å². The van der Waals surface area contributed by atoms with Crippen LogP contribution < -0.4 is 5.73 Å². The highest BCUT2D eigenvalue weighted by Crippen LogP contribution is 2.35. The van der Waals surface area contributed by atoms with E-state index in [1.54, 1.807) is 0 Å². The Balaban J connectivity index is 1.90. The van der Waals surface area contributed by atoms with Gasteiger partial charge >= 0.3 is 0 Å². The monoisotopic (exact) mass is 214 g/mol. The SMILES string of the molecule is NC(=S)CCN1C2CCC1CC(O)C2. The maximum atomic E-state index is 9.61. The highest BCUT2D eigenvalue weighted by atomic mass is 32.1. The Morgan fingerprint density at radius 3 is 2.43 bits per heavy atom. The predicted octanol–water partition coefficient (Wildman–Crippen LogP) is 0.650. The van der Waals surface area contributed by atoms with Gasteiger partial charge in [-0.15, -0.1) is 0 Å². The van der Waals surface area contributed by atoms with Gasteiger partial charge in [0.2, 0.25) is 0 Å². The number of thiocarbonyl (C=S) groups is 1. The standard InChI is InChI=1S/C10H18N2OS/c11-10(14)3-4-12-7-1-2-8(12)6-9(13)5-7/h7-9,13H,1-6H2,(H2,11,14). The second-order valence-electron chi connectivity index (χ2n) is 4.46. The van der Waals surface area contributed by atoms with Crippen LogP contribution in [0.15, 0.2) is 0 Å². The average molecular weight is 214 g/mol. The van der Waals surface area contributed by atoms with Gasteiger partial charge in [0.05, 0.1) is 11.1 Å². The Morgan fingerprint density at radius 1 is 1.36 bits per heavy atom. The van der Waals surface area contributed by atoms with E-state index in [1.165, 1.54) is 12.8 Å². The van der Waals surface area contributed by atoms with Gasteiger partial charge in [-0.25, -0.2) is 0 Å². The number of aliphatic hydroxyl groups is 1. The van der Waals surface area contributed by atoms with Crippen molar-refractivity contribution in [3.05, 3.63) is 0 Å². The van der Waals surface area contributed by atoms with E-state index in [4.69, 9.17) is 18.0 Å². The van der Waals surface area contributed by atoms with E-state index < -0.39 is 0 Å². The molecule has 2 atom stereocenters. The van der Waals surface area contributed by atoms with Gasteiger partial charge in [0, 0.05) is 25.0 Å². The Labute approximate surface area is 90.3 Å². The van der Waals surface area contributed by atoms with E-state index in [-0.39, 0.29) is 6.10 Å². The molecule has 2 aliphatic rings. The molecule has 0 aromatic carbocycles. The van der Waals surface area contributed by atoms with Crippen LogP contribution >= 0.6 is 12.2 Å². The summed E-state index contributed by atoms with van der Waals surface area (Å²) in [5.41, 5.74) is 5.50. The molecular weight excluding hydrogens is 196 g/mol. The minimum absolute atomic E-state index is 0.0754. The lowest BCUT2D eigenvalue weighted by molar-refractivity contribution is 0.0372. The molecule has 0 aromatic rings. The molecule has 3 N–H and O–H groups in total. The van der Waals surface area contributed by atoms with Crippen LogP contribution in [0, 0.1) is 0 Å². The average Bonchev–Trinajstić information content (AvgIpc) is 2.34. The molecule has 0 radical (unpaired) electrons. The number of fused-ring (bicyclic) bond motifs is 2. The number of aliphatic hydroxyl groups excluding tert-OH is 1. The molecule has 14 heavy (non-hydrogen) atoms. The van der Waals surface area contributed by atoms with Gasteiger partial charge in [0.15, 0.2) is 0 Å². The minimum Gasteiger partial charge on any atom is -0.393 e. The van der Waals surface area contributed by atoms with Crippen molar-refractivity contribution in [2.24, 2.45) is 5.73 Å². The maximum Gasteiger partial charge on any atom is 0.0740 e. The molecule has 2 bridgehead atoms. The van der Waals surface area contributed by atoms with E-state index in [0.29, 0.717) is 17.1 Å². The topological polar surface area (TPSA) is 49.5 Å². The Bertz CT molecular complexity index is 220. The van der Waals surface area contributed by atoms with Crippen LogP contribution in [0.1, 0.15) is 32.1 Å². The summed E-state index contributed by atoms with van der Waals surface area (Å²) in [5, 5.41) is 9.61. The smallest absolute Gasteiger partial charge is 0.0740 e. The lowest BCUT2D eigenvalue weighted by atomic mass is 10.00. The summed E-state index contributed by atoms with van der Waals surface area (Å²) in [4.78, 5) is 3.10. The second-order valence-corrected chi connectivity index (χ2v) is 4.99. The summed E-state index contributed by atoms with van der Waals surface area (Å²) in [6, 6.07) is 1.16. The first kappa shape index (κ1) is 10.3. The van der Waals surface area contributed by atoms with Crippen molar-refractivity contribution in [1.29, 1.82) is 0 Å². The van der Waals surface area contributed by atoms with Crippen molar-refractivity contribution in [2.75, 3.05) is 6.54 Å². The summed E-state index contributed by atoms with van der Waals surface area (Å²) in [6.45, 7) is 0.984. The van der Waals surface area contributed by atoms with E-state index in [2.05, 4.69) is 4.90 Å². The number of piperidine rings is 1. The zero-order valence-electron chi connectivity index (χ0n) is 8.35. The Hall–Kier alpha value is -0.190. The zero-order chi connectivity index (χ0) is 10.1. The van der Waals surface area contributed by atoms with Gasteiger partial charge in [-0.2, -0.15) is 0 Å². The third kappa shape index (κ3) is 2.07. The molecule has 0 spiro atoms. The molecule has 2 fully saturated rings. The van der Waals surface area contributed by atoms with Crippen molar-refractivity contribution in [3.63, 3.8) is 0 Å². The van der Waals surface area contributed by atoms with Gasteiger partial charge in [0.1, 0.15) is 0 Å². The summed E-state index contributed by atoms with van der Waals surface area (Å²) in [5.74, 6) is 0. The second kappa shape index (κ2) is 4.13. The molecule has 2 saturated heterocycles. The number of nitrogens with zero attached hydrogens (tertiary/aromatic N) is 1. The summed E-state index contributed by atoms with van der Waals surface area (Å²) >= 11 is 4.89. The third-order valence-electron chi connectivity index (χ3n) is 3.48. The number of rotatable bonds is 3. The molecule has 4 heteroatoms. The van der Waals surface area contributed by atoms with Crippen molar-refractivity contribution < 1.29 is 5.11 Å². The first-order valence-electron chi connectivity index (χ1n) is 5.39. The van der Waals surface area contributed by atoms with E-state index in [9.17, 15) is 5.11 Å². The fraction of sp³-hybridized carbons (Fsp3) is 0.900. The van der Waals surface area contributed by atoms with Crippen molar-refractivity contribution in [1.82, 2.24) is 4.90 Å². The summed E-state index contributed by atoms with van der Waals surface area (Å²) in [6.07, 6.45) is 5.09. The van der Waals surface area contributed by atoms with Gasteiger partial charge in [-0.1, -0.05) is 12.2 Å². The van der Waals surface area contributed by atoms with Crippen LogP contribution in [0.25, 0.3) is 0 Å². The Morgan fingerprint density at radius 2 is 1.93 bits per heavy atom. The number of hydrogen-bond acceptors (Lipinski definition) is 3. The van der Waals surface area contributed by atoms with Crippen LogP contribution in [0.5, 0.6) is 0 Å². The first-order chi connectivity index (χ1) is 6.66. The first-order valence-corrected chi connectivity index (χ1v) is 5.79. The number of hydrogen-bond donors (Lipinski definition) is 2. The van der Waals surface area contributed by atoms with Crippen LogP contribution in [0.3, 0.4) is 0 Å². The lowest BCUT2D eigenvalue weighted by Crippen LogP contribution is -2.45. The van der Waals surface area contributed by atoms with Gasteiger partial charge in [-0.3, -0.25) is 4.90 Å². The maximum absolute atomic E-state index is 9.61.